The zero-order chi connectivity index (χ0) is 13.2. The topological polar surface area (TPSA) is 38.9 Å². The SMILES string of the molecule is Cc1noc(C)c1-c1ccnc(-c2ccccc2)c1. The van der Waals surface area contributed by atoms with E-state index >= 15 is 0 Å². The highest BCUT2D eigenvalue weighted by Gasteiger charge is 2.12. The molecule has 0 N–H and O–H groups in total. The Labute approximate surface area is 111 Å². The molecule has 1 aromatic carbocycles. The maximum absolute atomic E-state index is 5.22. The molecule has 19 heavy (non-hydrogen) atoms. The number of aryl methyl sites for hydroxylation is 2. The molecule has 0 amide bonds. The molecule has 2 aromatic heterocycles. The number of benzene rings is 1. The molecule has 2 heterocycles. The summed E-state index contributed by atoms with van der Waals surface area (Å²) in [4.78, 5) is 4.43. The van der Waals surface area contributed by atoms with Crippen molar-refractivity contribution in [1.29, 1.82) is 0 Å². The highest BCUT2D eigenvalue weighted by molar-refractivity contribution is 5.72. The van der Waals surface area contributed by atoms with Crippen LogP contribution in [0.4, 0.5) is 0 Å². The minimum absolute atomic E-state index is 0.836. The molecule has 0 aliphatic carbocycles. The van der Waals surface area contributed by atoms with Crippen molar-refractivity contribution in [1.82, 2.24) is 10.1 Å². The maximum atomic E-state index is 5.22. The van der Waals surface area contributed by atoms with E-state index in [-0.39, 0.29) is 0 Å². The molecule has 94 valence electrons. The largest absolute Gasteiger partial charge is 0.361 e. The van der Waals surface area contributed by atoms with E-state index < -0.39 is 0 Å². The molecule has 0 fully saturated rings. The van der Waals surface area contributed by atoms with Crippen molar-refractivity contribution in [3.63, 3.8) is 0 Å². The Morgan fingerprint density at radius 3 is 2.42 bits per heavy atom. The molecule has 3 nitrogen and oxygen atoms in total. The van der Waals surface area contributed by atoms with Gasteiger partial charge < -0.3 is 4.52 Å². The fraction of sp³-hybridized carbons (Fsp3) is 0.125. The minimum Gasteiger partial charge on any atom is -0.361 e. The summed E-state index contributed by atoms with van der Waals surface area (Å²) < 4.78 is 5.22. The molecule has 0 aliphatic heterocycles. The molecule has 0 saturated carbocycles. The van der Waals surface area contributed by atoms with Crippen LogP contribution in [0.25, 0.3) is 22.4 Å². The lowest BCUT2D eigenvalue weighted by Gasteiger charge is -2.04. The average Bonchev–Trinajstić information content (AvgIpc) is 2.79. The van der Waals surface area contributed by atoms with Crippen LogP contribution in [0.1, 0.15) is 11.5 Å². The van der Waals surface area contributed by atoms with E-state index in [2.05, 4.69) is 28.3 Å². The van der Waals surface area contributed by atoms with Crippen molar-refractivity contribution in [2.75, 3.05) is 0 Å². The summed E-state index contributed by atoms with van der Waals surface area (Å²) in [6, 6.07) is 14.2. The third-order valence-electron chi connectivity index (χ3n) is 3.15. The van der Waals surface area contributed by atoms with E-state index in [1.54, 1.807) is 0 Å². The zero-order valence-electron chi connectivity index (χ0n) is 10.9. The fourth-order valence-corrected chi connectivity index (χ4v) is 2.25. The highest BCUT2D eigenvalue weighted by Crippen LogP contribution is 2.29. The van der Waals surface area contributed by atoms with Gasteiger partial charge >= 0.3 is 0 Å². The van der Waals surface area contributed by atoms with E-state index in [1.807, 2.05) is 44.3 Å². The molecular formula is C16H14N2O. The molecule has 0 spiro atoms. The van der Waals surface area contributed by atoms with Crippen LogP contribution in [0.3, 0.4) is 0 Å². The summed E-state index contributed by atoms with van der Waals surface area (Å²) >= 11 is 0. The highest BCUT2D eigenvalue weighted by atomic mass is 16.5. The van der Waals surface area contributed by atoms with Crippen LogP contribution < -0.4 is 0 Å². The van der Waals surface area contributed by atoms with Gasteiger partial charge in [-0.15, -0.1) is 0 Å². The van der Waals surface area contributed by atoms with Gasteiger partial charge in [0.05, 0.1) is 11.4 Å². The lowest BCUT2D eigenvalue weighted by Crippen LogP contribution is -1.87. The van der Waals surface area contributed by atoms with Crippen molar-refractivity contribution in [2.24, 2.45) is 0 Å². The molecule has 3 rings (SSSR count). The molecule has 3 aromatic rings. The third-order valence-corrected chi connectivity index (χ3v) is 3.15. The summed E-state index contributed by atoms with van der Waals surface area (Å²) in [7, 11) is 0. The number of hydrogen-bond acceptors (Lipinski definition) is 3. The summed E-state index contributed by atoms with van der Waals surface area (Å²) in [5.41, 5.74) is 5.11. The third kappa shape index (κ3) is 2.15. The van der Waals surface area contributed by atoms with Crippen LogP contribution in [-0.4, -0.2) is 10.1 Å². The van der Waals surface area contributed by atoms with Gasteiger partial charge in [0, 0.05) is 17.3 Å². The van der Waals surface area contributed by atoms with E-state index in [1.165, 1.54) is 0 Å². The van der Waals surface area contributed by atoms with Crippen molar-refractivity contribution in [3.05, 3.63) is 60.1 Å². The van der Waals surface area contributed by atoms with Crippen molar-refractivity contribution in [3.8, 4) is 22.4 Å². The minimum atomic E-state index is 0.836. The Hall–Kier alpha value is -2.42. The summed E-state index contributed by atoms with van der Waals surface area (Å²) in [6.07, 6.45) is 1.82. The second-order valence-electron chi connectivity index (χ2n) is 4.49. The predicted molar refractivity (Wildman–Crippen MR) is 74.6 cm³/mol. The van der Waals surface area contributed by atoms with Crippen molar-refractivity contribution < 1.29 is 4.52 Å². The van der Waals surface area contributed by atoms with Gasteiger partial charge in [0.25, 0.3) is 0 Å². The first-order chi connectivity index (χ1) is 9.25. The number of pyridine rings is 1. The molecule has 0 aliphatic rings. The van der Waals surface area contributed by atoms with E-state index in [4.69, 9.17) is 4.52 Å². The second-order valence-corrected chi connectivity index (χ2v) is 4.49. The molecule has 0 radical (unpaired) electrons. The van der Waals surface area contributed by atoms with Gasteiger partial charge in [-0.3, -0.25) is 4.98 Å². The van der Waals surface area contributed by atoms with Gasteiger partial charge in [-0.05, 0) is 31.5 Å². The Bertz CT molecular complexity index is 682. The van der Waals surface area contributed by atoms with Crippen LogP contribution >= 0.6 is 0 Å². The van der Waals surface area contributed by atoms with Crippen molar-refractivity contribution in [2.45, 2.75) is 13.8 Å². The maximum Gasteiger partial charge on any atom is 0.141 e. The number of hydrogen-bond donors (Lipinski definition) is 0. The standard InChI is InChI=1S/C16H14N2O/c1-11-16(12(2)19-18-11)14-8-9-17-15(10-14)13-6-4-3-5-7-13/h3-10H,1-2H3. The summed E-state index contributed by atoms with van der Waals surface area (Å²) in [5.74, 6) is 0.836. The zero-order valence-corrected chi connectivity index (χ0v) is 10.9. The first kappa shape index (κ1) is 11.7. The molecular weight excluding hydrogens is 236 g/mol. The van der Waals surface area contributed by atoms with E-state index in [9.17, 15) is 0 Å². The second kappa shape index (κ2) is 4.69. The van der Waals surface area contributed by atoms with Crippen LogP contribution in [0.5, 0.6) is 0 Å². The molecule has 0 atom stereocenters. The molecule has 3 heteroatoms. The van der Waals surface area contributed by atoms with Crippen LogP contribution in [0.2, 0.25) is 0 Å². The Morgan fingerprint density at radius 2 is 1.74 bits per heavy atom. The Kier molecular flexibility index (Phi) is 2.88. The average molecular weight is 250 g/mol. The van der Waals surface area contributed by atoms with Crippen molar-refractivity contribution >= 4 is 0 Å². The fourth-order valence-electron chi connectivity index (χ4n) is 2.25. The van der Waals surface area contributed by atoms with Gasteiger partial charge in [0.2, 0.25) is 0 Å². The van der Waals surface area contributed by atoms with E-state index in [0.29, 0.717) is 0 Å². The van der Waals surface area contributed by atoms with Gasteiger partial charge in [-0.1, -0.05) is 35.5 Å². The van der Waals surface area contributed by atoms with Crippen LogP contribution in [0, 0.1) is 13.8 Å². The molecule has 0 unspecified atom stereocenters. The lowest BCUT2D eigenvalue weighted by atomic mass is 10.0. The number of rotatable bonds is 2. The van der Waals surface area contributed by atoms with Gasteiger partial charge in [0.15, 0.2) is 0 Å². The summed E-state index contributed by atoms with van der Waals surface area (Å²) in [5, 5.41) is 4.00. The number of nitrogens with zero attached hydrogens (tertiary/aromatic N) is 2. The predicted octanol–water partition coefficient (Wildman–Crippen LogP) is 4.02. The lowest BCUT2D eigenvalue weighted by molar-refractivity contribution is 0.393. The number of aromatic nitrogens is 2. The Balaban J connectivity index is 2.11. The van der Waals surface area contributed by atoms with Gasteiger partial charge in [0.1, 0.15) is 5.76 Å². The first-order valence-electron chi connectivity index (χ1n) is 6.20. The summed E-state index contributed by atoms with van der Waals surface area (Å²) in [6.45, 7) is 3.88. The Morgan fingerprint density at radius 1 is 0.947 bits per heavy atom. The quantitative estimate of drug-likeness (QED) is 0.689. The normalized spacial score (nSPS) is 10.6. The van der Waals surface area contributed by atoms with Crippen LogP contribution in [0.15, 0.2) is 53.2 Å². The monoisotopic (exact) mass is 250 g/mol. The molecule has 0 bridgehead atoms. The molecule has 0 saturated heterocycles. The van der Waals surface area contributed by atoms with E-state index in [0.717, 1.165) is 33.8 Å². The van der Waals surface area contributed by atoms with Gasteiger partial charge in [-0.25, -0.2) is 0 Å². The van der Waals surface area contributed by atoms with Gasteiger partial charge in [-0.2, -0.15) is 0 Å². The van der Waals surface area contributed by atoms with Crippen LogP contribution in [-0.2, 0) is 0 Å². The first-order valence-corrected chi connectivity index (χ1v) is 6.20. The smallest absolute Gasteiger partial charge is 0.141 e.